The topological polar surface area (TPSA) is 88.2 Å². The van der Waals surface area contributed by atoms with Gasteiger partial charge in [-0.1, -0.05) is 78.8 Å². The van der Waals surface area contributed by atoms with Crippen LogP contribution in [0.5, 0.6) is 0 Å². The molecule has 1 N–H and O–H groups in total. The number of hydrogen-bond acceptors (Lipinski definition) is 5. The number of likely N-dealkylation sites (N-methyl/N-ethyl adjacent to an activating group) is 2. The first-order chi connectivity index (χ1) is 17.3. The maximum Gasteiger partial charge on any atom is 0.410 e. The molecule has 2 unspecified atom stereocenters. The predicted molar refractivity (Wildman–Crippen MR) is 152 cm³/mol. The average molecular weight is 534 g/mol. The van der Waals surface area contributed by atoms with Crippen molar-refractivity contribution in [1.82, 2.24) is 15.1 Å². The Bertz CT molecular complexity index is 931. The molecule has 0 spiro atoms. The summed E-state index contributed by atoms with van der Waals surface area (Å²) < 4.78 is 11.0. The Balaban J connectivity index is 3.52. The third kappa shape index (κ3) is 8.72. The Morgan fingerprint density at radius 1 is 0.895 bits per heavy atom. The van der Waals surface area contributed by atoms with Crippen LogP contribution in [0.25, 0.3) is 0 Å². The standard InChI is InChI=1S/C30H51N3O5/c1-20(2)22(19-37-13)32(11)26(35)23(28(3,4)5)31-25(34)24(33(12)27(36)38-29(6,7)8)30(9,10)21-17-15-14-16-18-21/h14-18,20,22-24H,19H2,1-13H3,(H,31,34)/t22?,23?,24-/m1/s1. The Morgan fingerprint density at radius 2 is 1.42 bits per heavy atom. The Hall–Kier alpha value is -2.61. The molecule has 8 nitrogen and oxygen atoms in total. The minimum absolute atomic E-state index is 0.156. The highest BCUT2D eigenvalue weighted by atomic mass is 16.6. The van der Waals surface area contributed by atoms with Gasteiger partial charge in [-0.3, -0.25) is 14.5 Å². The van der Waals surface area contributed by atoms with E-state index in [0.717, 1.165) is 5.56 Å². The molecular formula is C30H51N3O5. The van der Waals surface area contributed by atoms with Gasteiger partial charge in [0.2, 0.25) is 11.8 Å². The molecule has 0 saturated heterocycles. The van der Waals surface area contributed by atoms with Gasteiger partial charge in [0.1, 0.15) is 17.7 Å². The van der Waals surface area contributed by atoms with Crippen LogP contribution in [-0.4, -0.2) is 79.2 Å². The number of nitrogens with one attached hydrogen (secondary N) is 1. The second kappa shape index (κ2) is 13.0. The quantitative estimate of drug-likeness (QED) is 0.464. The zero-order valence-corrected chi connectivity index (χ0v) is 25.8. The van der Waals surface area contributed by atoms with Gasteiger partial charge in [0.15, 0.2) is 0 Å². The predicted octanol–water partition coefficient (Wildman–Crippen LogP) is 4.86. The summed E-state index contributed by atoms with van der Waals surface area (Å²) >= 11 is 0. The molecule has 216 valence electrons. The minimum Gasteiger partial charge on any atom is -0.444 e. The van der Waals surface area contributed by atoms with Gasteiger partial charge in [0, 0.05) is 26.6 Å². The number of methoxy groups -OCH3 is 1. The number of benzene rings is 1. The fourth-order valence-corrected chi connectivity index (χ4v) is 4.61. The van der Waals surface area contributed by atoms with Gasteiger partial charge in [0.05, 0.1) is 12.6 Å². The van der Waals surface area contributed by atoms with Gasteiger partial charge < -0.3 is 19.7 Å². The molecular weight excluding hydrogens is 482 g/mol. The summed E-state index contributed by atoms with van der Waals surface area (Å²) in [5, 5.41) is 3.03. The van der Waals surface area contributed by atoms with E-state index in [9.17, 15) is 14.4 Å². The van der Waals surface area contributed by atoms with Crippen molar-refractivity contribution in [3.05, 3.63) is 35.9 Å². The van der Waals surface area contributed by atoms with Crippen LogP contribution in [0.1, 0.15) is 74.8 Å². The molecule has 0 saturated carbocycles. The van der Waals surface area contributed by atoms with Gasteiger partial charge >= 0.3 is 6.09 Å². The highest BCUT2D eigenvalue weighted by Gasteiger charge is 2.45. The molecule has 3 atom stereocenters. The van der Waals surface area contributed by atoms with Crippen molar-refractivity contribution in [3.8, 4) is 0 Å². The molecule has 0 fully saturated rings. The second-order valence-electron chi connectivity index (χ2n) is 13.1. The lowest BCUT2D eigenvalue weighted by atomic mass is 9.76. The van der Waals surface area contributed by atoms with E-state index < -0.39 is 40.5 Å². The molecule has 0 radical (unpaired) electrons. The molecule has 0 aromatic heterocycles. The van der Waals surface area contributed by atoms with Crippen LogP contribution < -0.4 is 5.32 Å². The highest BCUT2D eigenvalue weighted by Crippen LogP contribution is 2.32. The Labute approximate surface area is 230 Å². The fraction of sp³-hybridized carbons (Fsp3) is 0.700. The molecule has 0 bridgehead atoms. The van der Waals surface area contributed by atoms with Crippen molar-refractivity contribution >= 4 is 17.9 Å². The minimum atomic E-state index is -0.956. The van der Waals surface area contributed by atoms with Gasteiger partial charge in [-0.15, -0.1) is 0 Å². The maximum atomic E-state index is 14.1. The third-order valence-electron chi connectivity index (χ3n) is 6.87. The van der Waals surface area contributed by atoms with E-state index in [4.69, 9.17) is 9.47 Å². The lowest BCUT2D eigenvalue weighted by Crippen LogP contribution is -2.63. The summed E-state index contributed by atoms with van der Waals surface area (Å²) in [6.45, 7) is 19.4. The molecule has 3 amide bonds. The Morgan fingerprint density at radius 3 is 1.84 bits per heavy atom. The zero-order chi connectivity index (χ0) is 29.6. The van der Waals surface area contributed by atoms with E-state index in [0.29, 0.717) is 6.61 Å². The van der Waals surface area contributed by atoms with Crippen molar-refractivity contribution in [2.45, 2.75) is 98.4 Å². The van der Waals surface area contributed by atoms with Gasteiger partial charge in [0.25, 0.3) is 0 Å². The molecule has 0 aliphatic heterocycles. The SMILES string of the molecule is COCC(C(C)C)N(C)C(=O)C(NC(=O)[C@@H](N(C)C(=O)OC(C)(C)C)C(C)(C)c1ccccc1)C(C)(C)C. The van der Waals surface area contributed by atoms with Crippen molar-refractivity contribution in [3.63, 3.8) is 0 Å². The molecule has 0 heterocycles. The summed E-state index contributed by atoms with van der Waals surface area (Å²) in [5.74, 6) is -0.484. The fourth-order valence-electron chi connectivity index (χ4n) is 4.61. The molecule has 1 rings (SSSR count). The van der Waals surface area contributed by atoms with Crippen LogP contribution in [0.15, 0.2) is 30.3 Å². The summed E-state index contributed by atoms with van der Waals surface area (Å²) in [6, 6.07) is 7.62. The van der Waals surface area contributed by atoms with E-state index in [2.05, 4.69) is 5.32 Å². The number of carbonyl (C=O) groups is 3. The van der Waals surface area contributed by atoms with Crippen molar-refractivity contribution in [2.24, 2.45) is 11.3 Å². The monoisotopic (exact) mass is 533 g/mol. The summed E-state index contributed by atoms with van der Waals surface area (Å²) in [7, 11) is 4.92. The van der Waals surface area contributed by atoms with E-state index in [1.165, 1.54) is 4.90 Å². The summed E-state index contributed by atoms with van der Waals surface area (Å²) in [4.78, 5) is 44.1. The van der Waals surface area contributed by atoms with Crippen LogP contribution in [0, 0.1) is 11.3 Å². The van der Waals surface area contributed by atoms with Crippen LogP contribution in [0.4, 0.5) is 4.79 Å². The molecule has 0 aliphatic rings. The smallest absolute Gasteiger partial charge is 0.410 e. The van der Waals surface area contributed by atoms with Crippen LogP contribution in [-0.2, 0) is 24.5 Å². The number of carbonyl (C=O) groups excluding carboxylic acids is 3. The van der Waals surface area contributed by atoms with E-state index >= 15 is 0 Å². The number of nitrogens with zero attached hydrogens (tertiary/aromatic N) is 2. The molecule has 1 aromatic rings. The first-order valence-corrected chi connectivity index (χ1v) is 13.3. The molecule has 38 heavy (non-hydrogen) atoms. The van der Waals surface area contributed by atoms with Gasteiger partial charge in [-0.25, -0.2) is 4.79 Å². The molecule has 1 aromatic carbocycles. The average Bonchev–Trinajstić information content (AvgIpc) is 2.78. The summed E-state index contributed by atoms with van der Waals surface area (Å²) in [5.41, 5.74) is -1.25. The van der Waals surface area contributed by atoms with Crippen molar-refractivity contribution < 1.29 is 23.9 Å². The Kier molecular flexibility index (Phi) is 11.4. The highest BCUT2D eigenvalue weighted by molar-refractivity contribution is 5.93. The van der Waals surface area contributed by atoms with E-state index in [-0.39, 0.29) is 17.9 Å². The van der Waals surface area contributed by atoms with Crippen LogP contribution >= 0.6 is 0 Å². The maximum absolute atomic E-state index is 14.1. The number of hydrogen-bond donors (Lipinski definition) is 1. The van der Waals surface area contributed by atoms with Gasteiger partial charge in [-0.05, 0) is 37.7 Å². The number of rotatable bonds is 10. The van der Waals surface area contributed by atoms with Crippen molar-refractivity contribution in [2.75, 3.05) is 27.8 Å². The first kappa shape index (κ1) is 33.4. The van der Waals surface area contributed by atoms with Gasteiger partial charge in [-0.2, -0.15) is 0 Å². The molecule has 8 heteroatoms. The zero-order valence-electron chi connectivity index (χ0n) is 25.8. The normalized spacial score (nSPS) is 14.9. The lowest BCUT2D eigenvalue weighted by molar-refractivity contribution is -0.143. The first-order valence-electron chi connectivity index (χ1n) is 13.3. The summed E-state index contributed by atoms with van der Waals surface area (Å²) in [6.07, 6.45) is -0.614. The lowest BCUT2D eigenvalue weighted by Gasteiger charge is -2.42. The van der Waals surface area contributed by atoms with Crippen LogP contribution in [0.2, 0.25) is 0 Å². The second-order valence-corrected chi connectivity index (χ2v) is 13.1. The molecule has 0 aliphatic carbocycles. The third-order valence-corrected chi connectivity index (χ3v) is 6.87. The number of amides is 3. The largest absolute Gasteiger partial charge is 0.444 e. The van der Waals surface area contributed by atoms with Crippen molar-refractivity contribution in [1.29, 1.82) is 0 Å². The van der Waals surface area contributed by atoms with E-state index in [1.54, 1.807) is 46.9 Å². The van der Waals surface area contributed by atoms with Crippen LogP contribution in [0.3, 0.4) is 0 Å². The van der Waals surface area contributed by atoms with E-state index in [1.807, 2.05) is 78.8 Å². The number of ether oxygens (including phenoxy) is 2.